The van der Waals surface area contributed by atoms with Gasteiger partial charge in [-0.05, 0) is 17.9 Å². The second kappa shape index (κ2) is 6.10. The average molecular weight is 319 g/mol. The molecule has 1 aromatic carbocycles. The highest BCUT2D eigenvalue weighted by Crippen LogP contribution is 2.33. The lowest BCUT2D eigenvalue weighted by Gasteiger charge is -2.21. The minimum atomic E-state index is -0.0516. The van der Waals surface area contributed by atoms with Crippen molar-refractivity contribution in [1.82, 2.24) is 4.90 Å². The van der Waals surface area contributed by atoms with E-state index in [0.717, 1.165) is 19.5 Å². The van der Waals surface area contributed by atoms with Crippen LogP contribution in [0.15, 0.2) is 12.1 Å². The zero-order chi connectivity index (χ0) is 14.2. The maximum absolute atomic E-state index is 12.5. The zero-order valence-electron chi connectivity index (χ0n) is 11.9. The van der Waals surface area contributed by atoms with Crippen molar-refractivity contribution in [2.45, 2.75) is 20.3 Å². The van der Waals surface area contributed by atoms with Crippen molar-refractivity contribution in [3.8, 4) is 5.75 Å². The van der Waals surface area contributed by atoms with Crippen molar-refractivity contribution in [2.75, 3.05) is 25.9 Å². The third kappa shape index (κ3) is 3.30. The molecule has 112 valence electrons. The topological polar surface area (TPSA) is 55.6 Å². The van der Waals surface area contributed by atoms with Crippen molar-refractivity contribution in [1.29, 1.82) is 0 Å². The van der Waals surface area contributed by atoms with E-state index in [4.69, 9.17) is 22.1 Å². The van der Waals surface area contributed by atoms with Gasteiger partial charge in [0.15, 0.2) is 0 Å². The monoisotopic (exact) mass is 318 g/mol. The summed E-state index contributed by atoms with van der Waals surface area (Å²) in [5.74, 6) is 0.418. The number of carbonyl (C=O) groups excluding carboxylic acids is 1. The molecule has 0 bridgehead atoms. The van der Waals surface area contributed by atoms with Crippen LogP contribution < -0.4 is 10.5 Å². The Kier molecular flexibility index (Phi) is 5.16. The summed E-state index contributed by atoms with van der Waals surface area (Å²) in [7, 11) is 1.52. The van der Waals surface area contributed by atoms with E-state index in [9.17, 15) is 4.79 Å². The summed E-state index contributed by atoms with van der Waals surface area (Å²) >= 11 is 6.00. The highest BCUT2D eigenvalue weighted by Gasteiger charge is 2.33. The predicted octanol–water partition coefficient (Wildman–Crippen LogP) is 3.22. The summed E-state index contributed by atoms with van der Waals surface area (Å²) in [6.45, 7) is 5.83. The molecule has 1 aliphatic heterocycles. The minimum Gasteiger partial charge on any atom is -0.496 e. The summed E-state index contributed by atoms with van der Waals surface area (Å²) in [5.41, 5.74) is 6.78. The van der Waals surface area contributed by atoms with Crippen LogP contribution in [-0.4, -0.2) is 31.0 Å². The van der Waals surface area contributed by atoms with Crippen LogP contribution in [0, 0.1) is 5.41 Å². The molecule has 2 N–H and O–H groups in total. The molecule has 1 fully saturated rings. The van der Waals surface area contributed by atoms with Gasteiger partial charge in [0.25, 0.3) is 5.91 Å². The Hall–Kier alpha value is -1.13. The molecular formula is C14H20Cl2N2O2. The summed E-state index contributed by atoms with van der Waals surface area (Å²) in [4.78, 5) is 14.4. The third-order valence-corrected chi connectivity index (χ3v) is 3.84. The molecular weight excluding hydrogens is 299 g/mol. The molecule has 1 aromatic rings. The highest BCUT2D eigenvalue weighted by atomic mass is 35.5. The first-order valence-electron chi connectivity index (χ1n) is 6.26. The van der Waals surface area contributed by atoms with Crippen LogP contribution >= 0.6 is 24.0 Å². The first-order valence-corrected chi connectivity index (χ1v) is 6.64. The van der Waals surface area contributed by atoms with Crippen molar-refractivity contribution in [3.63, 3.8) is 0 Å². The molecule has 1 heterocycles. The number of nitrogens with zero attached hydrogens (tertiary/aromatic N) is 1. The highest BCUT2D eigenvalue weighted by molar-refractivity contribution is 6.33. The molecule has 2 rings (SSSR count). The first-order chi connectivity index (χ1) is 8.84. The van der Waals surface area contributed by atoms with E-state index in [0.29, 0.717) is 22.0 Å². The Morgan fingerprint density at radius 3 is 2.60 bits per heavy atom. The zero-order valence-corrected chi connectivity index (χ0v) is 13.5. The molecule has 20 heavy (non-hydrogen) atoms. The van der Waals surface area contributed by atoms with E-state index in [1.165, 1.54) is 7.11 Å². The van der Waals surface area contributed by atoms with Crippen LogP contribution in [0.25, 0.3) is 0 Å². The summed E-state index contributed by atoms with van der Waals surface area (Å²) in [6.07, 6.45) is 1.00. The number of ether oxygens (including phenoxy) is 1. The molecule has 0 atom stereocenters. The van der Waals surface area contributed by atoms with Gasteiger partial charge >= 0.3 is 0 Å². The molecule has 0 aromatic heterocycles. The Labute approximate surface area is 130 Å². The number of hydrogen-bond donors (Lipinski definition) is 1. The van der Waals surface area contributed by atoms with E-state index in [-0.39, 0.29) is 23.7 Å². The number of nitrogens with two attached hydrogens (primary N) is 1. The number of methoxy groups -OCH3 is 1. The Balaban J connectivity index is 0.00000200. The molecule has 4 nitrogen and oxygen atoms in total. The molecule has 1 saturated heterocycles. The van der Waals surface area contributed by atoms with Gasteiger partial charge in [0.2, 0.25) is 0 Å². The second-order valence-corrected chi connectivity index (χ2v) is 6.12. The van der Waals surface area contributed by atoms with Crippen molar-refractivity contribution >= 4 is 35.6 Å². The fourth-order valence-corrected chi connectivity index (χ4v) is 2.52. The van der Waals surface area contributed by atoms with Gasteiger partial charge in [-0.1, -0.05) is 25.4 Å². The minimum absolute atomic E-state index is 0. The van der Waals surface area contributed by atoms with Crippen LogP contribution in [0.5, 0.6) is 5.75 Å². The van der Waals surface area contributed by atoms with Gasteiger partial charge in [0.05, 0.1) is 23.4 Å². The summed E-state index contributed by atoms with van der Waals surface area (Å²) in [5, 5.41) is 0.377. The van der Waals surface area contributed by atoms with Gasteiger partial charge in [0, 0.05) is 19.2 Å². The first kappa shape index (κ1) is 16.9. The fraction of sp³-hybridized carbons (Fsp3) is 0.500. The van der Waals surface area contributed by atoms with Gasteiger partial charge in [-0.15, -0.1) is 12.4 Å². The second-order valence-electron chi connectivity index (χ2n) is 5.71. The number of amides is 1. The number of likely N-dealkylation sites (tertiary alicyclic amines) is 1. The van der Waals surface area contributed by atoms with Crippen LogP contribution in [0.1, 0.15) is 30.6 Å². The molecule has 0 unspecified atom stereocenters. The number of anilines is 1. The Morgan fingerprint density at radius 1 is 1.45 bits per heavy atom. The standard InChI is InChI=1S/C14H19ClN2O2.ClH/c1-14(2)4-5-17(8-14)13(18)9-6-10(15)11(16)7-12(9)19-3;/h6-7H,4-5,8,16H2,1-3H3;1H. The lowest BCUT2D eigenvalue weighted by molar-refractivity contribution is 0.0775. The molecule has 0 saturated carbocycles. The average Bonchev–Trinajstić information content (AvgIpc) is 2.71. The van der Waals surface area contributed by atoms with Gasteiger partial charge < -0.3 is 15.4 Å². The fourth-order valence-electron chi connectivity index (χ4n) is 2.36. The maximum atomic E-state index is 12.5. The maximum Gasteiger partial charge on any atom is 0.257 e. The van der Waals surface area contributed by atoms with E-state index >= 15 is 0 Å². The lowest BCUT2D eigenvalue weighted by atomic mass is 9.93. The smallest absolute Gasteiger partial charge is 0.257 e. The van der Waals surface area contributed by atoms with Gasteiger partial charge in [-0.2, -0.15) is 0 Å². The predicted molar refractivity (Wildman–Crippen MR) is 84.0 cm³/mol. The lowest BCUT2D eigenvalue weighted by Crippen LogP contribution is -2.30. The number of carbonyl (C=O) groups is 1. The van der Waals surface area contributed by atoms with Gasteiger partial charge in [0.1, 0.15) is 5.75 Å². The number of nitrogen functional groups attached to an aromatic ring is 1. The normalized spacial score (nSPS) is 16.7. The van der Waals surface area contributed by atoms with Crippen molar-refractivity contribution in [3.05, 3.63) is 22.7 Å². The van der Waals surface area contributed by atoms with Crippen LogP contribution in [-0.2, 0) is 0 Å². The number of halogens is 2. The molecule has 0 radical (unpaired) electrons. The number of hydrogen-bond acceptors (Lipinski definition) is 3. The Bertz CT molecular complexity index is 518. The summed E-state index contributed by atoms with van der Waals surface area (Å²) in [6, 6.07) is 3.18. The Morgan fingerprint density at radius 2 is 2.10 bits per heavy atom. The van der Waals surface area contributed by atoms with Gasteiger partial charge in [-0.25, -0.2) is 0 Å². The van der Waals surface area contributed by atoms with Crippen molar-refractivity contribution in [2.24, 2.45) is 5.41 Å². The number of rotatable bonds is 2. The third-order valence-electron chi connectivity index (χ3n) is 3.51. The van der Waals surface area contributed by atoms with Crippen LogP contribution in [0.2, 0.25) is 5.02 Å². The summed E-state index contributed by atoms with van der Waals surface area (Å²) < 4.78 is 5.23. The van der Waals surface area contributed by atoms with Gasteiger partial charge in [-0.3, -0.25) is 4.79 Å². The van der Waals surface area contributed by atoms with E-state index < -0.39 is 0 Å². The SMILES string of the molecule is COc1cc(N)c(Cl)cc1C(=O)N1CCC(C)(C)C1.Cl. The van der Waals surface area contributed by atoms with Crippen LogP contribution in [0.3, 0.4) is 0 Å². The largest absolute Gasteiger partial charge is 0.496 e. The van der Waals surface area contributed by atoms with Crippen molar-refractivity contribution < 1.29 is 9.53 Å². The van der Waals surface area contributed by atoms with Crippen LogP contribution in [0.4, 0.5) is 5.69 Å². The van der Waals surface area contributed by atoms with E-state index in [1.807, 2.05) is 4.90 Å². The molecule has 0 aliphatic carbocycles. The molecule has 1 amide bonds. The quantitative estimate of drug-likeness (QED) is 0.852. The van der Waals surface area contributed by atoms with E-state index in [1.54, 1.807) is 12.1 Å². The molecule has 0 spiro atoms. The molecule has 1 aliphatic rings. The molecule has 6 heteroatoms. The van der Waals surface area contributed by atoms with E-state index in [2.05, 4.69) is 13.8 Å². The number of benzene rings is 1.